The number of hydrogen-bond donors (Lipinski definition) is 2. The molecule has 0 radical (unpaired) electrons. The number of rotatable bonds is 1. The Morgan fingerprint density at radius 3 is 3.20 bits per heavy atom. The lowest BCUT2D eigenvalue weighted by molar-refractivity contribution is 0.350. The minimum Gasteiger partial charge on any atom is -0.384 e. The van der Waals surface area contributed by atoms with E-state index >= 15 is 0 Å². The van der Waals surface area contributed by atoms with Gasteiger partial charge in [0.1, 0.15) is 6.61 Å². The summed E-state index contributed by atoms with van der Waals surface area (Å²) in [5, 5.41) is 14.1. The summed E-state index contributed by atoms with van der Waals surface area (Å²) < 4.78 is 0. The van der Waals surface area contributed by atoms with Crippen LogP contribution < -0.4 is 5.32 Å². The highest BCUT2D eigenvalue weighted by molar-refractivity contribution is 7.14. The summed E-state index contributed by atoms with van der Waals surface area (Å²) in [5.74, 6) is 2.49. The molecule has 0 bridgehead atoms. The maximum atomic E-state index is 8.28. The molecule has 3 heteroatoms. The van der Waals surface area contributed by atoms with E-state index in [0.717, 1.165) is 5.00 Å². The number of thiophene rings is 1. The second kappa shape index (κ2) is 3.94. The van der Waals surface area contributed by atoms with E-state index in [2.05, 4.69) is 17.3 Å². The van der Waals surface area contributed by atoms with Crippen molar-refractivity contribution >= 4 is 16.3 Å². The fourth-order valence-electron chi connectivity index (χ4n) is 0.495. The second-order valence-corrected chi connectivity index (χ2v) is 2.51. The lowest BCUT2D eigenvalue weighted by atomic mass is 10.6. The number of aliphatic hydroxyl groups is 1. The summed E-state index contributed by atoms with van der Waals surface area (Å²) in [5.41, 5.74) is 0. The Labute approximate surface area is 63.5 Å². The van der Waals surface area contributed by atoms with Crippen LogP contribution in [0.5, 0.6) is 0 Å². The smallest absolute Gasteiger partial charge is 0.106 e. The van der Waals surface area contributed by atoms with Crippen LogP contribution in [0.3, 0.4) is 0 Å². The third-order valence-corrected chi connectivity index (χ3v) is 1.66. The van der Waals surface area contributed by atoms with Gasteiger partial charge in [0.25, 0.3) is 0 Å². The quantitative estimate of drug-likeness (QED) is 0.468. The molecule has 1 rings (SSSR count). The van der Waals surface area contributed by atoms with Gasteiger partial charge >= 0.3 is 0 Å². The van der Waals surface area contributed by atoms with Gasteiger partial charge in [0, 0.05) is 6.04 Å². The van der Waals surface area contributed by atoms with Crippen molar-refractivity contribution in [2.24, 2.45) is 0 Å². The molecule has 1 aromatic rings. The predicted molar refractivity (Wildman–Crippen MR) is 42.8 cm³/mol. The van der Waals surface area contributed by atoms with E-state index in [4.69, 9.17) is 5.11 Å². The molecule has 52 valence electrons. The van der Waals surface area contributed by atoms with Crippen LogP contribution in [-0.4, -0.2) is 11.7 Å². The van der Waals surface area contributed by atoms with Crippen LogP contribution in [0.15, 0.2) is 17.5 Å². The Morgan fingerprint density at radius 2 is 2.60 bits per heavy atom. The molecule has 1 heterocycles. The maximum Gasteiger partial charge on any atom is 0.106 e. The molecule has 2 nitrogen and oxygen atoms in total. The van der Waals surface area contributed by atoms with Crippen LogP contribution >= 0.6 is 11.3 Å². The van der Waals surface area contributed by atoms with Crippen molar-refractivity contribution in [2.75, 3.05) is 11.9 Å². The normalized spacial score (nSPS) is 8.10. The first-order valence-electron chi connectivity index (χ1n) is 2.81. The van der Waals surface area contributed by atoms with Crippen LogP contribution in [0.2, 0.25) is 0 Å². The number of aliphatic hydroxyl groups excluding tert-OH is 1. The zero-order chi connectivity index (χ0) is 7.23. The van der Waals surface area contributed by atoms with E-state index in [9.17, 15) is 0 Å². The summed E-state index contributed by atoms with van der Waals surface area (Å²) in [6.45, 7) is -0.0988. The Hall–Kier alpha value is -0.980. The predicted octanol–water partition coefficient (Wildman–Crippen LogP) is 1.11. The molecule has 2 N–H and O–H groups in total. The van der Waals surface area contributed by atoms with E-state index in [0.29, 0.717) is 0 Å². The Kier molecular flexibility index (Phi) is 2.81. The first-order chi connectivity index (χ1) is 4.93. The monoisotopic (exact) mass is 153 g/mol. The highest BCUT2D eigenvalue weighted by atomic mass is 32.1. The van der Waals surface area contributed by atoms with Gasteiger partial charge in [-0.2, -0.15) is 0 Å². The van der Waals surface area contributed by atoms with E-state index in [1.54, 1.807) is 11.3 Å². The van der Waals surface area contributed by atoms with Crippen molar-refractivity contribution in [1.82, 2.24) is 0 Å². The SMILES string of the molecule is OCC#CNc1cccs1. The number of anilines is 1. The van der Waals surface area contributed by atoms with Crippen molar-refractivity contribution in [1.29, 1.82) is 0 Å². The summed E-state index contributed by atoms with van der Waals surface area (Å²) in [7, 11) is 0. The summed E-state index contributed by atoms with van der Waals surface area (Å²) in [6, 6.07) is 6.46. The van der Waals surface area contributed by atoms with Crippen molar-refractivity contribution in [3.05, 3.63) is 17.5 Å². The Bertz CT molecular complexity index is 232. The first-order valence-corrected chi connectivity index (χ1v) is 3.69. The fourth-order valence-corrected chi connectivity index (χ4v) is 1.07. The molecule has 0 saturated heterocycles. The molecule has 0 unspecified atom stereocenters. The zero-order valence-corrected chi connectivity index (χ0v) is 6.11. The third kappa shape index (κ3) is 2.09. The van der Waals surface area contributed by atoms with Gasteiger partial charge in [0.05, 0.1) is 5.00 Å². The van der Waals surface area contributed by atoms with Crippen LogP contribution in [0.4, 0.5) is 5.00 Å². The molecule has 1 aromatic heterocycles. The molecular weight excluding hydrogens is 146 g/mol. The summed E-state index contributed by atoms with van der Waals surface area (Å²) in [4.78, 5) is 0. The van der Waals surface area contributed by atoms with E-state index in [1.807, 2.05) is 17.5 Å². The molecule has 0 atom stereocenters. The van der Waals surface area contributed by atoms with Crippen LogP contribution in [0.25, 0.3) is 0 Å². The Morgan fingerprint density at radius 1 is 1.70 bits per heavy atom. The van der Waals surface area contributed by atoms with Crippen LogP contribution in [0.1, 0.15) is 0 Å². The van der Waals surface area contributed by atoms with Gasteiger partial charge in [-0.15, -0.1) is 11.3 Å². The van der Waals surface area contributed by atoms with E-state index in [1.165, 1.54) is 0 Å². The van der Waals surface area contributed by atoms with Gasteiger partial charge in [-0.05, 0) is 17.5 Å². The summed E-state index contributed by atoms with van der Waals surface area (Å²) in [6.07, 6.45) is 0. The zero-order valence-electron chi connectivity index (χ0n) is 5.29. The van der Waals surface area contributed by atoms with Crippen molar-refractivity contribution < 1.29 is 5.11 Å². The van der Waals surface area contributed by atoms with Crippen molar-refractivity contribution in [2.45, 2.75) is 0 Å². The lowest BCUT2D eigenvalue weighted by Gasteiger charge is -1.86. The molecule has 0 amide bonds. The standard InChI is InChI=1S/C7H7NOS/c9-5-2-4-8-7-3-1-6-10-7/h1,3,6,8-9H,5H2. The number of hydrogen-bond acceptors (Lipinski definition) is 3. The highest BCUT2D eigenvalue weighted by Gasteiger charge is 1.84. The molecule has 0 aliphatic rings. The molecule has 0 spiro atoms. The van der Waals surface area contributed by atoms with Crippen molar-refractivity contribution in [3.8, 4) is 12.0 Å². The van der Waals surface area contributed by atoms with Gasteiger partial charge in [0.2, 0.25) is 0 Å². The fraction of sp³-hybridized carbons (Fsp3) is 0.143. The van der Waals surface area contributed by atoms with Crippen LogP contribution in [-0.2, 0) is 0 Å². The van der Waals surface area contributed by atoms with Crippen molar-refractivity contribution in [3.63, 3.8) is 0 Å². The van der Waals surface area contributed by atoms with E-state index in [-0.39, 0.29) is 6.61 Å². The van der Waals surface area contributed by atoms with Gasteiger partial charge in [-0.3, -0.25) is 0 Å². The molecular formula is C7H7NOS. The van der Waals surface area contributed by atoms with Crippen LogP contribution in [0, 0.1) is 12.0 Å². The molecule has 0 saturated carbocycles. The topological polar surface area (TPSA) is 32.3 Å². The molecule has 0 aliphatic heterocycles. The van der Waals surface area contributed by atoms with Gasteiger partial charge in [0.15, 0.2) is 0 Å². The minimum absolute atomic E-state index is 0.0988. The molecule has 0 aromatic carbocycles. The molecule has 10 heavy (non-hydrogen) atoms. The average Bonchev–Trinajstić information content (AvgIpc) is 2.41. The average molecular weight is 153 g/mol. The third-order valence-electron chi connectivity index (χ3n) is 0.874. The lowest BCUT2D eigenvalue weighted by Crippen LogP contribution is -1.83. The number of nitrogens with one attached hydrogen (secondary N) is 1. The second-order valence-electron chi connectivity index (χ2n) is 1.56. The van der Waals surface area contributed by atoms with Gasteiger partial charge < -0.3 is 10.4 Å². The molecule has 0 fully saturated rings. The Balaban J connectivity index is 2.41. The highest BCUT2D eigenvalue weighted by Crippen LogP contribution is 2.13. The minimum atomic E-state index is -0.0988. The van der Waals surface area contributed by atoms with Gasteiger partial charge in [-0.1, -0.05) is 5.92 Å². The molecule has 0 aliphatic carbocycles. The maximum absolute atomic E-state index is 8.28. The largest absolute Gasteiger partial charge is 0.384 e. The first kappa shape index (κ1) is 7.13. The van der Waals surface area contributed by atoms with Gasteiger partial charge in [-0.25, -0.2) is 0 Å². The summed E-state index contributed by atoms with van der Waals surface area (Å²) >= 11 is 1.58. The van der Waals surface area contributed by atoms with E-state index < -0.39 is 0 Å².